The standard InChI is InChI=1S/C25H28BrClO4/c1-5-22-19(16-6-8-17(27)9-7-16)12-18(14(2)3)24(31-22)20-10-15(4)11-21(26)25(20)30-13-23(28)29/h6-11,18-19,22,24H,2,5,12-13H2,1,3-4H3,(H,28,29)/t18-,19-,22+,24+/m1/s1. The number of hydrogen-bond acceptors (Lipinski definition) is 3. The molecule has 1 heterocycles. The van der Waals surface area contributed by atoms with Gasteiger partial charge in [-0.05, 0) is 78.0 Å². The zero-order chi connectivity index (χ0) is 22.7. The lowest BCUT2D eigenvalue weighted by Crippen LogP contribution is -2.36. The van der Waals surface area contributed by atoms with Gasteiger partial charge in [0.25, 0.3) is 0 Å². The number of halogens is 2. The first kappa shape index (κ1) is 23.8. The molecule has 0 unspecified atom stereocenters. The van der Waals surface area contributed by atoms with Gasteiger partial charge in [-0.3, -0.25) is 0 Å². The molecular weight excluding hydrogens is 480 g/mol. The van der Waals surface area contributed by atoms with Gasteiger partial charge in [-0.1, -0.05) is 42.8 Å². The molecule has 3 rings (SSSR count). The molecule has 1 aliphatic rings. The Morgan fingerprint density at radius 3 is 2.58 bits per heavy atom. The van der Waals surface area contributed by atoms with Crippen molar-refractivity contribution in [1.29, 1.82) is 0 Å². The van der Waals surface area contributed by atoms with Gasteiger partial charge in [0, 0.05) is 22.4 Å². The van der Waals surface area contributed by atoms with Crippen LogP contribution in [0.3, 0.4) is 0 Å². The van der Waals surface area contributed by atoms with Crippen LogP contribution in [0.5, 0.6) is 5.75 Å². The number of benzene rings is 2. The first-order valence-electron chi connectivity index (χ1n) is 10.4. The monoisotopic (exact) mass is 506 g/mol. The number of carboxylic acid groups (broad SMARTS) is 1. The van der Waals surface area contributed by atoms with Crippen LogP contribution in [0.15, 0.2) is 53.0 Å². The Balaban J connectivity index is 2.02. The van der Waals surface area contributed by atoms with Crippen molar-refractivity contribution in [2.75, 3.05) is 6.61 Å². The summed E-state index contributed by atoms with van der Waals surface area (Å²) in [7, 11) is 0. The first-order valence-corrected chi connectivity index (χ1v) is 11.6. The average molecular weight is 508 g/mol. The third-order valence-corrected chi connectivity index (χ3v) is 6.68. The van der Waals surface area contributed by atoms with Gasteiger partial charge in [-0.2, -0.15) is 0 Å². The summed E-state index contributed by atoms with van der Waals surface area (Å²) >= 11 is 9.65. The van der Waals surface area contributed by atoms with E-state index in [4.69, 9.17) is 26.2 Å². The summed E-state index contributed by atoms with van der Waals surface area (Å²) in [5, 5.41) is 9.84. The molecule has 1 saturated heterocycles. The van der Waals surface area contributed by atoms with E-state index in [0.717, 1.165) is 34.0 Å². The molecule has 0 aliphatic carbocycles. The summed E-state index contributed by atoms with van der Waals surface area (Å²) in [6.07, 6.45) is 1.47. The summed E-state index contributed by atoms with van der Waals surface area (Å²) in [5.74, 6) is -0.223. The molecule has 31 heavy (non-hydrogen) atoms. The molecular formula is C25H28BrClO4. The van der Waals surface area contributed by atoms with Crippen molar-refractivity contribution >= 4 is 33.5 Å². The fourth-order valence-electron chi connectivity index (χ4n) is 4.37. The van der Waals surface area contributed by atoms with Crippen molar-refractivity contribution < 1.29 is 19.4 Å². The van der Waals surface area contributed by atoms with E-state index in [1.54, 1.807) is 0 Å². The second-order valence-corrected chi connectivity index (χ2v) is 9.49. The van der Waals surface area contributed by atoms with Crippen molar-refractivity contribution in [3.63, 3.8) is 0 Å². The largest absolute Gasteiger partial charge is 0.480 e. The molecule has 0 bridgehead atoms. The lowest BCUT2D eigenvalue weighted by molar-refractivity contribution is -0.139. The first-order chi connectivity index (χ1) is 14.7. The van der Waals surface area contributed by atoms with E-state index in [9.17, 15) is 4.79 Å². The van der Waals surface area contributed by atoms with E-state index in [-0.39, 0.29) is 24.0 Å². The predicted octanol–water partition coefficient (Wildman–Crippen LogP) is 7.09. The highest BCUT2D eigenvalue weighted by atomic mass is 79.9. The van der Waals surface area contributed by atoms with Crippen LogP contribution in [0.2, 0.25) is 5.02 Å². The molecule has 2 aromatic rings. The topological polar surface area (TPSA) is 55.8 Å². The quantitative estimate of drug-likeness (QED) is 0.406. The molecule has 0 saturated carbocycles. The maximum atomic E-state index is 11.1. The van der Waals surface area contributed by atoms with Gasteiger partial charge in [0.15, 0.2) is 6.61 Å². The minimum atomic E-state index is -1.02. The summed E-state index contributed by atoms with van der Waals surface area (Å²) in [4.78, 5) is 11.1. The Labute approximate surface area is 197 Å². The Hall–Kier alpha value is -1.82. The summed E-state index contributed by atoms with van der Waals surface area (Å²) in [6, 6.07) is 11.9. The number of ether oxygens (including phenoxy) is 2. The van der Waals surface area contributed by atoms with Crippen LogP contribution in [-0.2, 0) is 9.53 Å². The van der Waals surface area contributed by atoms with Gasteiger partial charge in [-0.15, -0.1) is 0 Å². The van der Waals surface area contributed by atoms with Crippen LogP contribution >= 0.6 is 27.5 Å². The molecule has 4 atom stereocenters. The highest BCUT2D eigenvalue weighted by molar-refractivity contribution is 9.10. The number of rotatable bonds is 7. The zero-order valence-electron chi connectivity index (χ0n) is 18.0. The minimum absolute atomic E-state index is 0.00777. The van der Waals surface area contributed by atoms with Crippen molar-refractivity contribution in [1.82, 2.24) is 0 Å². The molecule has 0 amide bonds. The minimum Gasteiger partial charge on any atom is -0.480 e. The van der Waals surface area contributed by atoms with Crippen LogP contribution in [-0.4, -0.2) is 23.8 Å². The van der Waals surface area contributed by atoms with Gasteiger partial charge in [0.1, 0.15) is 5.75 Å². The lowest BCUT2D eigenvalue weighted by atomic mass is 9.75. The molecule has 0 aromatic heterocycles. The van der Waals surface area contributed by atoms with Gasteiger partial charge in [-0.25, -0.2) is 4.79 Å². The maximum absolute atomic E-state index is 11.1. The number of aryl methyl sites for hydroxylation is 1. The molecule has 0 spiro atoms. The number of carbonyl (C=O) groups is 1. The molecule has 0 radical (unpaired) electrons. The molecule has 1 aliphatic heterocycles. The molecule has 1 N–H and O–H groups in total. The van der Waals surface area contributed by atoms with Crippen molar-refractivity contribution in [3.8, 4) is 5.75 Å². The summed E-state index contributed by atoms with van der Waals surface area (Å²) in [6.45, 7) is 9.98. The second kappa shape index (κ2) is 10.2. The van der Waals surface area contributed by atoms with Crippen molar-refractivity contribution in [2.24, 2.45) is 5.92 Å². The van der Waals surface area contributed by atoms with Crippen molar-refractivity contribution in [3.05, 3.63) is 74.7 Å². The van der Waals surface area contributed by atoms with E-state index < -0.39 is 12.6 Å². The Bertz CT molecular complexity index is 957. The summed E-state index contributed by atoms with van der Waals surface area (Å²) < 4.78 is 13.1. The maximum Gasteiger partial charge on any atom is 0.341 e. The Morgan fingerprint density at radius 1 is 1.32 bits per heavy atom. The van der Waals surface area contributed by atoms with Crippen LogP contribution in [0, 0.1) is 12.8 Å². The van der Waals surface area contributed by atoms with E-state index in [1.165, 1.54) is 5.56 Å². The average Bonchev–Trinajstić information content (AvgIpc) is 2.72. The SMILES string of the molecule is C=C(C)[C@H]1C[C@H](c2ccc(Cl)cc2)[C@H](CC)O[C@@H]1c1cc(C)cc(Br)c1OCC(=O)O. The second-order valence-electron chi connectivity index (χ2n) is 8.20. The van der Waals surface area contributed by atoms with Crippen LogP contribution in [0.1, 0.15) is 55.4 Å². The van der Waals surface area contributed by atoms with Crippen molar-refractivity contribution in [2.45, 2.75) is 51.7 Å². The normalized spacial score (nSPS) is 23.4. The highest BCUT2D eigenvalue weighted by Gasteiger charge is 2.40. The molecule has 2 aromatic carbocycles. The van der Waals surface area contributed by atoms with Crippen LogP contribution < -0.4 is 4.74 Å². The Kier molecular flexibility index (Phi) is 7.84. The molecule has 6 heteroatoms. The lowest BCUT2D eigenvalue weighted by Gasteiger charge is -2.43. The van der Waals surface area contributed by atoms with E-state index in [0.29, 0.717) is 10.8 Å². The Morgan fingerprint density at radius 2 is 2.00 bits per heavy atom. The number of hydrogen-bond donors (Lipinski definition) is 1. The fraction of sp³-hybridized carbons (Fsp3) is 0.400. The van der Waals surface area contributed by atoms with E-state index in [2.05, 4.69) is 41.6 Å². The number of carboxylic acids is 1. The third-order valence-electron chi connectivity index (χ3n) is 5.84. The molecule has 166 valence electrons. The van der Waals surface area contributed by atoms with Gasteiger partial charge >= 0.3 is 5.97 Å². The molecule has 4 nitrogen and oxygen atoms in total. The number of aliphatic carboxylic acids is 1. The van der Waals surface area contributed by atoms with Gasteiger partial charge < -0.3 is 14.6 Å². The fourth-order valence-corrected chi connectivity index (χ4v) is 5.20. The van der Waals surface area contributed by atoms with E-state index >= 15 is 0 Å². The van der Waals surface area contributed by atoms with Crippen LogP contribution in [0.4, 0.5) is 0 Å². The predicted molar refractivity (Wildman–Crippen MR) is 127 cm³/mol. The summed E-state index contributed by atoms with van der Waals surface area (Å²) in [5.41, 5.74) is 4.13. The van der Waals surface area contributed by atoms with Gasteiger partial charge in [0.2, 0.25) is 0 Å². The smallest absolute Gasteiger partial charge is 0.341 e. The van der Waals surface area contributed by atoms with E-state index in [1.807, 2.05) is 38.1 Å². The zero-order valence-corrected chi connectivity index (χ0v) is 20.4. The van der Waals surface area contributed by atoms with Gasteiger partial charge in [0.05, 0.1) is 16.7 Å². The third kappa shape index (κ3) is 5.51. The molecule has 1 fully saturated rings. The van der Waals surface area contributed by atoms with Crippen LogP contribution in [0.25, 0.3) is 0 Å². The highest BCUT2D eigenvalue weighted by Crippen LogP contribution is 2.50.